The number of carboxylic acids is 2. The van der Waals surface area contributed by atoms with Crippen molar-refractivity contribution in [1.29, 1.82) is 0 Å². The van der Waals surface area contributed by atoms with Crippen molar-refractivity contribution < 1.29 is 24.6 Å². The summed E-state index contributed by atoms with van der Waals surface area (Å²) in [6, 6.07) is 10.1. The Hall–Kier alpha value is -2.67. The van der Waals surface area contributed by atoms with Crippen LogP contribution >= 0.6 is 0 Å². The number of carbonyl (C=O) groups is 3. The first-order valence-electron chi connectivity index (χ1n) is 7.08. The topological polar surface area (TPSA) is 121 Å². The highest BCUT2D eigenvalue weighted by molar-refractivity contribution is 5.89. The SMILES string of the molecule is NCC1CC(=O)N(Cc2ccccc2)C1.O=C(O)/C=C/C(=O)O. The van der Waals surface area contributed by atoms with Crippen molar-refractivity contribution in [2.24, 2.45) is 11.7 Å². The Balaban J connectivity index is 0.000000284. The number of nitrogens with zero attached hydrogens (tertiary/aromatic N) is 1. The second-order valence-electron chi connectivity index (χ2n) is 5.08. The Labute approximate surface area is 134 Å². The molecule has 1 fully saturated rings. The van der Waals surface area contributed by atoms with Gasteiger partial charge in [0.2, 0.25) is 5.91 Å². The number of nitrogens with two attached hydrogens (primary N) is 1. The van der Waals surface area contributed by atoms with Gasteiger partial charge in [-0.1, -0.05) is 30.3 Å². The van der Waals surface area contributed by atoms with Gasteiger partial charge in [0.1, 0.15) is 0 Å². The molecule has 1 unspecified atom stereocenters. The quantitative estimate of drug-likeness (QED) is 0.687. The summed E-state index contributed by atoms with van der Waals surface area (Å²) in [6.07, 6.45) is 1.73. The monoisotopic (exact) mass is 320 g/mol. The van der Waals surface area contributed by atoms with Gasteiger partial charge in [-0.15, -0.1) is 0 Å². The summed E-state index contributed by atoms with van der Waals surface area (Å²) < 4.78 is 0. The first-order chi connectivity index (χ1) is 10.9. The second kappa shape index (κ2) is 9.37. The van der Waals surface area contributed by atoms with E-state index in [1.807, 2.05) is 35.2 Å². The van der Waals surface area contributed by atoms with E-state index in [1.165, 1.54) is 5.56 Å². The number of hydrogen-bond acceptors (Lipinski definition) is 4. The van der Waals surface area contributed by atoms with Gasteiger partial charge in [-0.25, -0.2) is 9.59 Å². The van der Waals surface area contributed by atoms with E-state index in [9.17, 15) is 14.4 Å². The highest BCUT2D eigenvalue weighted by atomic mass is 16.4. The van der Waals surface area contributed by atoms with E-state index in [0.29, 0.717) is 31.0 Å². The molecule has 7 nitrogen and oxygen atoms in total. The third-order valence-electron chi connectivity index (χ3n) is 3.21. The Morgan fingerprint density at radius 1 is 1.17 bits per heavy atom. The van der Waals surface area contributed by atoms with E-state index in [2.05, 4.69) is 0 Å². The maximum Gasteiger partial charge on any atom is 0.328 e. The van der Waals surface area contributed by atoms with Gasteiger partial charge in [-0.3, -0.25) is 4.79 Å². The van der Waals surface area contributed by atoms with E-state index in [1.54, 1.807) is 0 Å². The highest BCUT2D eigenvalue weighted by Crippen LogP contribution is 2.18. The lowest BCUT2D eigenvalue weighted by Gasteiger charge is -2.16. The third-order valence-corrected chi connectivity index (χ3v) is 3.21. The summed E-state index contributed by atoms with van der Waals surface area (Å²) in [5.74, 6) is -1.93. The molecule has 0 radical (unpaired) electrons. The number of carboxylic acid groups (broad SMARTS) is 2. The lowest BCUT2D eigenvalue weighted by molar-refractivity contribution is -0.134. The molecule has 1 heterocycles. The van der Waals surface area contributed by atoms with Crippen LogP contribution in [0.25, 0.3) is 0 Å². The van der Waals surface area contributed by atoms with Crippen molar-refractivity contribution >= 4 is 17.8 Å². The van der Waals surface area contributed by atoms with Crippen LogP contribution in [0.2, 0.25) is 0 Å². The maximum atomic E-state index is 11.6. The van der Waals surface area contributed by atoms with Gasteiger partial charge in [0.25, 0.3) is 0 Å². The average Bonchev–Trinajstić information content (AvgIpc) is 2.87. The zero-order chi connectivity index (χ0) is 17.2. The van der Waals surface area contributed by atoms with Crippen molar-refractivity contribution in [3.8, 4) is 0 Å². The molecule has 0 aromatic heterocycles. The zero-order valence-corrected chi connectivity index (χ0v) is 12.6. The van der Waals surface area contributed by atoms with E-state index >= 15 is 0 Å². The minimum atomic E-state index is -1.26. The Morgan fingerprint density at radius 3 is 2.17 bits per heavy atom. The summed E-state index contributed by atoms with van der Waals surface area (Å²) in [6.45, 7) is 2.14. The Kier molecular flexibility index (Phi) is 7.49. The first-order valence-corrected chi connectivity index (χ1v) is 7.08. The van der Waals surface area contributed by atoms with Gasteiger partial charge in [0.05, 0.1) is 0 Å². The molecule has 1 aliphatic rings. The Morgan fingerprint density at radius 2 is 1.74 bits per heavy atom. The molecule has 1 aliphatic heterocycles. The fraction of sp³-hybridized carbons (Fsp3) is 0.312. The van der Waals surface area contributed by atoms with E-state index in [4.69, 9.17) is 15.9 Å². The number of hydrogen-bond donors (Lipinski definition) is 3. The van der Waals surface area contributed by atoms with Gasteiger partial charge in [-0.2, -0.15) is 0 Å². The lowest BCUT2D eigenvalue weighted by atomic mass is 10.1. The number of amides is 1. The molecule has 23 heavy (non-hydrogen) atoms. The lowest BCUT2D eigenvalue weighted by Crippen LogP contribution is -2.25. The van der Waals surface area contributed by atoms with Crippen LogP contribution in [0.5, 0.6) is 0 Å². The summed E-state index contributed by atoms with van der Waals surface area (Å²) in [5, 5.41) is 15.6. The van der Waals surface area contributed by atoms with Crippen molar-refractivity contribution in [2.75, 3.05) is 13.1 Å². The first kappa shape index (κ1) is 18.4. The fourth-order valence-electron chi connectivity index (χ4n) is 2.11. The van der Waals surface area contributed by atoms with Crippen LogP contribution in [0.1, 0.15) is 12.0 Å². The molecule has 1 amide bonds. The summed E-state index contributed by atoms with van der Waals surface area (Å²) >= 11 is 0. The number of likely N-dealkylation sites (tertiary alicyclic amines) is 1. The number of aliphatic carboxylic acids is 2. The molecular formula is C16H20N2O5. The van der Waals surface area contributed by atoms with Crippen LogP contribution in [0, 0.1) is 5.92 Å². The number of benzene rings is 1. The van der Waals surface area contributed by atoms with Gasteiger partial charge in [0, 0.05) is 31.7 Å². The van der Waals surface area contributed by atoms with Gasteiger partial charge in [-0.05, 0) is 18.0 Å². The van der Waals surface area contributed by atoms with Crippen LogP contribution in [0.3, 0.4) is 0 Å². The molecule has 7 heteroatoms. The Bertz CT molecular complexity index is 555. The van der Waals surface area contributed by atoms with Gasteiger partial charge >= 0.3 is 11.9 Å². The zero-order valence-electron chi connectivity index (χ0n) is 12.6. The highest BCUT2D eigenvalue weighted by Gasteiger charge is 2.28. The molecule has 4 N–H and O–H groups in total. The van der Waals surface area contributed by atoms with E-state index in [0.717, 1.165) is 13.1 Å². The van der Waals surface area contributed by atoms with Gasteiger partial charge in [0.15, 0.2) is 0 Å². The van der Waals surface area contributed by atoms with E-state index < -0.39 is 11.9 Å². The normalized spacial score (nSPS) is 17.0. The smallest absolute Gasteiger partial charge is 0.328 e. The molecule has 0 saturated carbocycles. The minimum Gasteiger partial charge on any atom is -0.478 e. The maximum absolute atomic E-state index is 11.6. The van der Waals surface area contributed by atoms with Crippen LogP contribution in [-0.4, -0.2) is 46.0 Å². The largest absolute Gasteiger partial charge is 0.478 e. The van der Waals surface area contributed by atoms with Crippen LogP contribution < -0.4 is 5.73 Å². The molecule has 1 aromatic rings. The molecule has 1 atom stereocenters. The predicted molar refractivity (Wildman–Crippen MR) is 83.4 cm³/mol. The van der Waals surface area contributed by atoms with Crippen LogP contribution in [0.15, 0.2) is 42.5 Å². The molecule has 0 spiro atoms. The van der Waals surface area contributed by atoms with Crippen molar-refractivity contribution in [1.82, 2.24) is 4.90 Å². The number of rotatable bonds is 5. The van der Waals surface area contributed by atoms with E-state index in [-0.39, 0.29) is 5.91 Å². The molecule has 0 aliphatic carbocycles. The summed E-state index contributed by atoms with van der Waals surface area (Å²) in [5.41, 5.74) is 6.76. The third kappa shape index (κ3) is 7.23. The standard InChI is InChI=1S/C12H16N2O.C4H4O4/c13-7-11-6-12(15)14(9-11)8-10-4-2-1-3-5-10;5-3(6)1-2-4(7)8/h1-5,11H,6-9,13H2;1-2H,(H,5,6)(H,7,8)/b;2-1+. The molecule has 0 bridgehead atoms. The fourth-order valence-corrected chi connectivity index (χ4v) is 2.11. The molecule has 1 aromatic carbocycles. The summed E-state index contributed by atoms with van der Waals surface area (Å²) in [7, 11) is 0. The van der Waals surface area contributed by atoms with Gasteiger partial charge < -0.3 is 20.8 Å². The van der Waals surface area contributed by atoms with Crippen molar-refractivity contribution in [3.63, 3.8) is 0 Å². The molecular weight excluding hydrogens is 300 g/mol. The number of carbonyl (C=O) groups excluding carboxylic acids is 1. The average molecular weight is 320 g/mol. The molecule has 124 valence electrons. The van der Waals surface area contributed by atoms with Crippen LogP contribution in [0.4, 0.5) is 0 Å². The van der Waals surface area contributed by atoms with Crippen molar-refractivity contribution in [2.45, 2.75) is 13.0 Å². The predicted octanol–water partition coefficient (Wildman–Crippen LogP) is 0.706. The van der Waals surface area contributed by atoms with Crippen molar-refractivity contribution in [3.05, 3.63) is 48.0 Å². The minimum absolute atomic E-state index is 0.231. The summed E-state index contributed by atoms with van der Waals surface area (Å²) in [4.78, 5) is 32.6. The second-order valence-corrected chi connectivity index (χ2v) is 5.08. The molecule has 1 saturated heterocycles. The molecule has 2 rings (SSSR count). The van der Waals surface area contributed by atoms with Crippen LogP contribution in [-0.2, 0) is 20.9 Å².